The Morgan fingerprint density at radius 2 is 2.07 bits per heavy atom. The van der Waals surface area contributed by atoms with E-state index in [2.05, 4.69) is 31.8 Å². The van der Waals surface area contributed by atoms with Gasteiger partial charge in [0.1, 0.15) is 5.82 Å². The molecule has 1 rings (SSSR count). The van der Waals surface area contributed by atoms with Crippen molar-refractivity contribution >= 4 is 5.82 Å². The number of rotatable bonds is 4. The Labute approximate surface area is 86.5 Å². The topological polar surface area (TPSA) is 38.9 Å². The highest BCUT2D eigenvalue weighted by Crippen LogP contribution is 2.31. The summed E-state index contributed by atoms with van der Waals surface area (Å²) < 4.78 is 0. The van der Waals surface area contributed by atoms with E-state index >= 15 is 0 Å². The van der Waals surface area contributed by atoms with Crippen LogP contribution in [0.1, 0.15) is 45.6 Å². The van der Waals surface area contributed by atoms with Crippen LogP contribution in [0.3, 0.4) is 0 Å². The molecule has 1 aromatic rings. The smallest absolute Gasteiger partial charge is 0.123 e. The fraction of sp³-hybridized carbons (Fsp3) is 0.583. The number of pyridine rings is 1. The van der Waals surface area contributed by atoms with Crippen molar-refractivity contribution in [2.75, 3.05) is 5.73 Å². The van der Waals surface area contributed by atoms with Gasteiger partial charge in [0.15, 0.2) is 0 Å². The second kappa shape index (κ2) is 4.45. The molecule has 0 radical (unpaired) electrons. The molecule has 0 spiro atoms. The van der Waals surface area contributed by atoms with Gasteiger partial charge in [-0.2, -0.15) is 0 Å². The Kier molecular flexibility index (Phi) is 3.50. The molecule has 0 saturated heterocycles. The highest BCUT2D eigenvalue weighted by molar-refractivity contribution is 5.32. The fourth-order valence-corrected chi connectivity index (χ4v) is 1.84. The van der Waals surface area contributed by atoms with E-state index in [9.17, 15) is 0 Å². The van der Waals surface area contributed by atoms with E-state index in [1.807, 2.05) is 12.3 Å². The van der Waals surface area contributed by atoms with Crippen LogP contribution in [0.4, 0.5) is 5.82 Å². The van der Waals surface area contributed by atoms with Gasteiger partial charge in [-0.15, -0.1) is 0 Å². The van der Waals surface area contributed by atoms with Crippen LogP contribution in [0.5, 0.6) is 0 Å². The first-order valence-corrected chi connectivity index (χ1v) is 5.34. The summed E-state index contributed by atoms with van der Waals surface area (Å²) in [6, 6.07) is 3.99. The molecule has 78 valence electrons. The largest absolute Gasteiger partial charge is 0.384 e. The molecule has 2 nitrogen and oxygen atoms in total. The lowest BCUT2D eigenvalue weighted by molar-refractivity contribution is 0.412. The monoisotopic (exact) mass is 192 g/mol. The minimum absolute atomic E-state index is 0.259. The lowest BCUT2D eigenvalue weighted by Crippen LogP contribution is -2.20. The number of nitrogen functional groups attached to an aromatic ring is 1. The summed E-state index contributed by atoms with van der Waals surface area (Å²) in [5.41, 5.74) is 7.14. The maximum absolute atomic E-state index is 5.57. The number of hydrogen-bond acceptors (Lipinski definition) is 2. The molecule has 2 heteroatoms. The van der Waals surface area contributed by atoms with Crippen molar-refractivity contribution in [3.63, 3.8) is 0 Å². The molecule has 0 aliphatic carbocycles. The van der Waals surface area contributed by atoms with Crippen LogP contribution in [0, 0.1) is 0 Å². The van der Waals surface area contributed by atoms with Crippen molar-refractivity contribution in [3.8, 4) is 0 Å². The van der Waals surface area contributed by atoms with E-state index in [-0.39, 0.29) is 5.41 Å². The van der Waals surface area contributed by atoms with Crippen molar-refractivity contribution in [2.24, 2.45) is 0 Å². The third-order valence-corrected chi connectivity index (χ3v) is 3.07. The van der Waals surface area contributed by atoms with Gasteiger partial charge in [-0.25, -0.2) is 4.98 Å². The van der Waals surface area contributed by atoms with Gasteiger partial charge in [0.05, 0.1) is 0 Å². The van der Waals surface area contributed by atoms with E-state index in [0.717, 1.165) is 6.42 Å². The van der Waals surface area contributed by atoms with E-state index in [4.69, 9.17) is 5.73 Å². The molecule has 0 amide bonds. The molecule has 1 unspecified atom stereocenters. The highest BCUT2D eigenvalue weighted by atomic mass is 14.8. The van der Waals surface area contributed by atoms with E-state index < -0.39 is 0 Å². The Morgan fingerprint density at radius 1 is 1.36 bits per heavy atom. The molecule has 1 heterocycles. The molecule has 0 fully saturated rings. The Balaban J connectivity index is 2.94. The molecule has 0 aromatic carbocycles. The lowest BCUT2D eigenvalue weighted by atomic mass is 9.77. The highest BCUT2D eigenvalue weighted by Gasteiger charge is 2.23. The minimum atomic E-state index is 0.259. The summed E-state index contributed by atoms with van der Waals surface area (Å²) >= 11 is 0. The summed E-state index contributed by atoms with van der Waals surface area (Å²) in [5, 5.41) is 0. The van der Waals surface area contributed by atoms with E-state index in [0.29, 0.717) is 5.82 Å². The summed E-state index contributed by atoms with van der Waals surface area (Å²) in [6.45, 7) is 6.74. The minimum Gasteiger partial charge on any atom is -0.384 e. The van der Waals surface area contributed by atoms with Gasteiger partial charge < -0.3 is 5.73 Å². The predicted octanol–water partition coefficient (Wildman–Crippen LogP) is 3.13. The second-order valence-corrected chi connectivity index (χ2v) is 4.14. The second-order valence-electron chi connectivity index (χ2n) is 4.14. The molecule has 1 atom stereocenters. The maximum Gasteiger partial charge on any atom is 0.123 e. The molecule has 0 aliphatic heterocycles. The van der Waals surface area contributed by atoms with Gasteiger partial charge in [-0.3, -0.25) is 0 Å². The third kappa shape index (κ3) is 2.25. The maximum atomic E-state index is 5.57. The number of anilines is 1. The van der Waals surface area contributed by atoms with Gasteiger partial charge in [-0.05, 0) is 29.9 Å². The first kappa shape index (κ1) is 11.0. The summed E-state index contributed by atoms with van der Waals surface area (Å²) in [6.07, 6.45) is 5.46. The number of nitrogens with two attached hydrogens (primary N) is 1. The number of aromatic nitrogens is 1. The molecule has 0 saturated carbocycles. The van der Waals surface area contributed by atoms with Crippen molar-refractivity contribution < 1.29 is 0 Å². The van der Waals surface area contributed by atoms with Gasteiger partial charge in [0.25, 0.3) is 0 Å². The van der Waals surface area contributed by atoms with Crippen LogP contribution >= 0.6 is 0 Å². The first-order valence-electron chi connectivity index (χ1n) is 5.34. The van der Waals surface area contributed by atoms with Gasteiger partial charge >= 0.3 is 0 Å². The Hall–Kier alpha value is -1.05. The average molecular weight is 192 g/mol. The third-order valence-electron chi connectivity index (χ3n) is 3.07. The standard InChI is InChI=1S/C12H20N2/c1-4-8-12(3,5-2)10-6-7-11(13)14-9-10/h6-7,9H,4-5,8H2,1-3H3,(H2,13,14). The van der Waals surface area contributed by atoms with Crippen LogP contribution in [-0.2, 0) is 5.41 Å². The van der Waals surface area contributed by atoms with Crippen LogP contribution in [0.2, 0.25) is 0 Å². The molecule has 1 aromatic heterocycles. The molecular formula is C12H20N2. The fourth-order valence-electron chi connectivity index (χ4n) is 1.84. The van der Waals surface area contributed by atoms with Crippen molar-refractivity contribution in [3.05, 3.63) is 23.9 Å². The SMILES string of the molecule is CCCC(C)(CC)c1ccc(N)nc1. The first-order chi connectivity index (χ1) is 6.62. The van der Waals surface area contributed by atoms with Crippen LogP contribution < -0.4 is 5.73 Å². The summed E-state index contributed by atoms with van der Waals surface area (Å²) in [7, 11) is 0. The van der Waals surface area contributed by atoms with Crippen LogP contribution in [-0.4, -0.2) is 4.98 Å². The molecule has 0 aliphatic rings. The van der Waals surface area contributed by atoms with Crippen molar-refractivity contribution in [1.29, 1.82) is 0 Å². The summed E-state index contributed by atoms with van der Waals surface area (Å²) in [5.74, 6) is 0.601. The zero-order chi connectivity index (χ0) is 10.6. The van der Waals surface area contributed by atoms with Crippen molar-refractivity contribution in [2.45, 2.75) is 45.4 Å². The van der Waals surface area contributed by atoms with Gasteiger partial charge in [-0.1, -0.05) is 33.3 Å². The van der Waals surface area contributed by atoms with Crippen molar-refractivity contribution in [1.82, 2.24) is 4.98 Å². The predicted molar refractivity (Wildman–Crippen MR) is 61.2 cm³/mol. The van der Waals surface area contributed by atoms with E-state index in [1.54, 1.807) is 0 Å². The van der Waals surface area contributed by atoms with Gasteiger partial charge in [0.2, 0.25) is 0 Å². The average Bonchev–Trinajstić information content (AvgIpc) is 2.19. The zero-order valence-electron chi connectivity index (χ0n) is 9.38. The molecule has 2 N–H and O–H groups in total. The normalized spacial score (nSPS) is 15.1. The summed E-state index contributed by atoms with van der Waals surface area (Å²) in [4.78, 5) is 4.15. The van der Waals surface area contributed by atoms with Gasteiger partial charge in [0, 0.05) is 6.20 Å². The number of nitrogens with zero attached hydrogens (tertiary/aromatic N) is 1. The van der Waals surface area contributed by atoms with Crippen LogP contribution in [0.25, 0.3) is 0 Å². The Morgan fingerprint density at radius 3 is 2.50 bits per heavy atom. The van der Waals surface area contributed by atoms with E-state index in [1.165, 1.54) is 18.4 Å². The lowest BCUT2D eigenvalue weighted by Gasteiger charge is -2.28. The Bertz CT molecular complexity index is 279. The van der Waals surface area contributed by atoms with Crippen LogP contribution in [0.15, 0.2) is 18.3 Å². The molecule has 0 bridgehead atoms. The quantitative estimate of drug-likeness (QED) is 0.796. The zero-order valence-corrected chi connectivity index (χ0v) is 9.38. The molecule has 14 heavy (non-hydrogen) atoms. The molecular weight excluding hydrogens is 172 g/mol. The number of hydrogen-bond donors (Lipinski definition) is 1.